The molecule has 2 amide bonds. The van der Waals surface area contributed by atoms with E-state index in [2.05, 4.69) is 4.90 Å². The number of carbonyl (C=O) groups is 2. The lowest BCUT2D eigenvalue weighted by Gasteiger charge is -2.32. The van der Waals surface area contributed by atoms with Gasteiger partial charge in [0.25, 0.3) is 0 Å². The summed E-state index contributed by atoms with van der Waals surface area (Å²) in [5.41, 5.74) is 0. The van der Waals surface area contributed by atoms with Crippen LogP contribution in [0.25, 0.3) is 0 Å². The Kier molecular flexibility index (Phi) is 4.33. The number of amides is 2. The topological polar surface area (TPSA) is 64.1 Å². The molecule has 0 aliphatic carbocycles. The third-order valence-corrected chi connectivity index (χ3v) is 5.11. The lowest BCUT2D eigenvalue weighted by atomic mass is 10.1. The number of fused-ring (bicyclic) bond motifs is 1. The number of rotatable bonds is 2. The highest BCUT2D eigenvalue weighted by molar-refractivity contribution is 5.76. The Bertz CT molecular complexity index is 415. The molecule has 2 unspecified atom stereocenters. The summed E-state index contributed by atoms with van der Waals surface area (Å²) in [6, 6.07) is 0.461. The molecule has 0 saturated carbocycles. The molecule has 0 spiro atoms. The molecule has 3 aliphatic rings. The molecule has 0 radical (unpaired) electrons. The van der Waals surface area contributed by atoms with Crippen LogP contribution >= 0.6 is 0 Å². The van der Waals surface area contributed by atoms with Gasteiger partial charge < -0.3 is 14.9 Å². The molecule has 3 saturated heterocycles. The van der Waals surface area contributed by atoms with E-state index in [0.29, 0.717) is 12.6 Å². The standard InChI is InChI=1S/C15H25N3O3/c19-14(20)10-12-4-2-9-18(12)15(21)17-8-3-7-16-6-1-5-13(16)11-17/h12-13H,1-11H2,(H,19,20). The van der Waals surface area contributed by atoms with Crippen LogP contribution in [0.5, 0.6) is 0 Å². The lowest BCUT2D eigenvalue weighted by Crippen LogP contribution is -2.48. The molecule has 6 nitrogen and oxygen atoms in total. The minimum atomic E-state index is -0.808. The quantitative estimate of drug-likeness (QED) is 0.832. The van der Waals surface area contributed by atoms with Crippen molar-refractivity contribution in [3.05, 3.63) is 0 Å². The zero-order valence-electron chi connectivity index (χ0n) is 12.5. The summed E-state index contributed by atoms with van der Waals surface area (Å²) in [7, 11) is 0. The number of aliphatic carboxylic acids is 1. The van der Waals surface area contributed by atoms with Crippen LogP contribution < -0.4 is 0 Å². The first-order chi connectivity index (χ1) is 10.1. The Hall–Kier alpha value is -1.30. The molecule has 21 heavy (non-hydrogen) atoms. The summed E-state index contributed by atoms with van der Waals surface area (Å²) in [5.74, 6) is -0.808. The van der Waals surface area contributed by atoms with E-state index in [1.54, 1.807) is 4.90 Å². The van der Waals surface area contributed by atoms with Crippen LogP contribution in [-0.2, 0) is 4.79 Å². The monoisotopic (exact) mass is 295 g/mol. The summed E-state index contributed by atoms with van der Waals surface area (Å²) in [6.07, 6.45) is 5.27. The third kappa shape index (κ3) is 3.15. The second kappa shape index (κ2) is 6.22. The van der Waals surface area contributed by atoms with Crippen molar-refractivity contribution < 1.29 is 14.7 Å². The van der Waals surface area contributed by atoms with Crippen molar-refractivity contribution in [2.24, 2.45) is 0 Å². The fourth-order valence-corrected chi connectivity index (χ4v) is 4.06. The number of carboxylic acids is 1. The lowest BCUT2D eigenvalue weighted by molar-refractivity contribution is -0.138. The Morgan fingerprint density at radius 1 is 1.00 bits per heavy atom. The average molecular weight is 295 g/mol. The van der Waals surface area contributed by atoms with Gasteiger partial charge in [-0.2, -0.15) is 0 Å². The van der Waals surface area contributed by atoms with Gasteiger partial charge in [-0.25, -0.2) is 4.79 Å². The van der Waals surface area contributed by atoms with Gasteiger partial charge in [-0.1, -0.05) is 0 Å². The highest BCUT2D eigenvalue weighted by atomic mass is 16.4. The molecule has 0 bridgehead atoms. The van der Waals surface area contributed by atoms with Crippen LogP contribution in [-0.4, -0.2) is 76.6 Å². The van der Waals surface area contributed by atoms with E-state index in [1.165, 1.54) is 12.8 Å². The van der Waals surface area contributed by atoms with Gasteiger partial charge in [0.05, 0.1) is 6.42 Å². The van der Waals surface area contributed by atoms with Gasteiger partial charge in [0, 0.05) is 38.3 Å². The molecule has 0 aromatic rings. The Morgan fingerprint density at radius 2 is 1.76 bits per heavy atom. The smallest absolute Gasteiger partial charge is 0.320 e. The van der Waals surface area contributed by atoms with E-state index in [0.717, 1.165) is 45.4 Å². The Labute approximate surface area is 125 Å². The van der Waals surface area contributed by atoms with Crippen LogP contribution in [0, 0.1) is 0 Å². The van der Waals surface area contributed by atoms with Crippen LogP contribution in [0.3, 0.4) is 0 Å². The van der Waals surface area contributed by atoms with Gasteiger partial charge in [0.15, 0.2) is 0 Å². The van der Waals surface area contributed by atoms with Crippen LogP contribution in [0.15, 0.2) is 0 Å². The van der Waals surface area contributed by atoms with Gasteiger partial charge in [0.2, 0.25) is 0 Å². The minimum absolute atomic E-state index is 0.0625. The van der Waals surface area contributed by atoms with Crippen molar-refractivity contribution in [3.8, 4) is 0 Å². The van der Waals surface area contributed by atoms with Crippen molar-refractivity contribution in [2.45, 2.75) is 50.6 Å². The fraction of sp³-hybridized carbons (Fsp3) is 0.867. The second-order valence-electron chi connectivity index (χ2n) is 6.50. The minimum Gasteiger partial charge on any atom is -0.481 e. The molecule has 0 aromatic heterocycles. The summed E-state index contributed by atoms with van der Waals surface area (Å²) >= 11 is 0. The highest BCUT2D eigenvalue weighted by Gasteiger charge is 2.36. The SMILES string of the molecule is O=C(O)CC1CCCN1C(=O)N1CCCN2CCCC2C1. The maximum absolute atomic E-state index is 12.8. The molecule has 3 fully saturated rings. The molecule has 2 atom stereocenters. The first-order valence-electron chi connectivity index (χ1n) is 8.16. The number of urea groups is 1. The molecular weight excluding hydrogens is 270 g/mol. The maximum Gasteiger partial charge on any atom is 0.320 e. The van der Waals surface area contributed by atoms with Crippen molar-refractivity contribution >= 4 is 12.0 Å². The molecule has 3 rings (SSSR count). The maximum atomic E-state index is 12.8. The van der Waals surface area contributed by atoms with Crippen LogP contribution in [0.4, 0.5) is 4.79 Å². The van der Waals surface area contributed by atoms with Crippen LogP contribution in [0.1, 0.15) is 38.5 Å². The average Bonchev–Trinajstić information content (AvgIpc) is 3.02. The second-order valence-corrected chi connectivity index (χ2v) is 6.50. The largest absolute Gasteiger partial charge is 0.481 e. The zero-order chi connectivity index (χ0) is 14.8. The number of nitrogens with zero attached hydrogens (tertiary/aromatic N) is 3. The fourth-order valence-electron chi connectivity index (χ4n) is 4.06. The third-order valence-electron chi connectivity index (χ3n) is 5.11. The first-order valence-corrected chi connectivity index (χ1v) is 8.16. The van der Waals surface area contributed by atoms with Crippen molar-refractivity contribution in [3.63, 3.8) is 0 Å². The summed E-state index contributed by atoms with van der Waals surface area (Å²) < 4.78 is 0. The molecule has 3 heterocycles. The summed E-state index contributed by atoms with van der Waals surface area (Å²) in [5, 5.41) is 8.99. The van der Waals surface area contributed by atoms with E-state index in [4.69, 9.17) is 5.11 Å². The number of carbonyl (C=O) groups excluding carboxylic acids is 1. The van der Waals surface area contributed by atoms with Crippen LogP contribution in [0.2, 0.25) is 0 Å². The molecule has 118 valence electrons. The summed E-state index contributed by atoms with van der Waals surface area (Å²) in [6.45, 7) is 4.59. The van der Waals surface area contributed by atoms with Crippen molar-refractivity contribution in [2.75, 3.05) is 32.7 Å². The van der Waals surface area contributed by atoms with Gasteiger partial charge in [-0.15, -0.1) is 0 Å². The van der Waals surface area contributed by atoms with E-state index >= 15 is 0 Å². The number of hydrogen-bond donors (Lipinski definition) is 1. The van der Waals surface area contributed by atoms with E-state index in [1.807, 2.05) is 4.90 Å². The number of likely N-dealkylation sites (tertiary alicyclic amines) is 1. The first kappa shape index (κ1) is 14.6. The molecule has 3 aliphatic heterocycles. The number of hydrogen-bond acceptors (Lipinski definition) is 3. The highest BCUT2D eigenvalue weighted by Crippen LogP contribution is 2.25. The molecule has 1 N–H and O–H groups in total. The van der Waals surface area contributed by atoms with Crippen molar-refractivity contribution in [1.82, 2.24) is 14.7 Å². The number of carboxylic acid groups (broad SMARTS) is 1. The van der Waals surface area contributed by atoms with Gasteiger partial charge in [-0.05, 0) is 38.6 Å². The summed E-state index contributed by atoms with van der Waals surface area (Å²) in [4.78, 5) is 30.0. The molecule has 6 heteroatoms. The zero-order valence-corrected chi connectivity index (χ0v) is 12.5. The van der Waals surface area contributed by atoms with Crippen molar-refractivity contribution in [1.29, 1.82) is 0 Å². The predicted octanol–water partition coefficient (Wildman–Crippen LogP) is 1.22. The van der Waals surface area contributed by atoms with E-state index < -0.39 is 5.97 Å². The van der Waals surface area contributed by atoms with Gasteiger partial charge in [-0.3, -0.25) is 9.69 Å². The van der Waals surface area contributed by atoms with E-state index in [9.17, 15) is 9.59 Å². The van der Waals surface area contributed by atoms with E-state index in [-0.39, 0.29) is 18.5 Å². The Balaban J connectivity index is 1.64. The molecular formula is C15H25N3O3. The normalized spacial score (nSPS) is 30.3. The molecule has 0 aromatic carbocycles. The van der Waals surface area contributed by atoms with Gasteiger partial charge in [0.1, 0.15) is 0 Å². The predicted molar refractivity (Wildman–Crippen MR) is 78.2 cm³/mol. The Morgan fingerprint density at radius 3 is 2.57 bits per heavy atom. The van der Waals surface area contributed by atoms with Gasteiger partial charge >= 0.3 is 12.0 Å².